The zero-order chi connectivity index (χ0) is 12.0. The number of hydrogen-bond acceptors (Lipinski definition) is 2. The summed E-state index contributed by atoms with van der Waals surface area (Å²) in [5.74, 6) is 0.309. The average Bonchev–Trinajstić information content (AvgIpc) is 2.19. The van der Waals surface area contributed by atoms with Crippen LogP contribution in [0.4, 0.5) is 0 Å². The normalized spacial score (nSPS) is 11.0. The molecule has 0 aliphatic carbocycles. The highest BCUT2D eigenvalue weighted by molar-refractivity contribution is 14.1. The Bertz CT molecular complexity index is 388. The highest BCUT2D eigenvalue weighted by Gasteiger charge is 2.02. The van der Waals surface area contributed by atoms with Crippen LogP contribution in [0.1, 0.15) is 25.8 Å². The highest BCUT2D eigenvalue weighted by Crippen LogP contribution is 2.08. The number of carbonyl (C=O) groups excluding carboxylic acids is 1. The Balaban J connectivity index is 2.49. The summed E-state index contributed by atoms with van der Waals surface area (Å²) >= 11 is 2.23. The van der Waals surface area contributed by atoms with Crippen LogP contribution in [0.25, 0.3) is 0 Å². The number of benzene rings is 1. The van der Waals surface area contributed by atoms with E-state index in [1.54, 1.807) is 6.21 Å². The van der Waals surface area contributed by atoms with Crippen molar-refractivity contribution in [2.45, 2.75) is 20.3 Å². The van der Waals surface area contributed by atoms with Crippen molar-refractivity contribution in [2.24, 2.45) is 11.0 Å². The number of nitrogens with zero attached hydrogens (tertiary/aromatic N) is 1. The third kappa shape index (κ3) is 4.74. The lowest BCUT2D eigenvalue weighted by Crippen LogP contribution is -2.19. The summed E-state index contributed by atoms with van der Waals surface area (Å²) in [6.07, 6.45) is 2.17. The molecule has 0 atom stereocenters. The largest absolute Gasteiger partial charge is 0.273 e. The molecule has 0 unspecified atom stereocenters. The summed E-state index contributed by atoms with van der Waals surface area (Å²) in [4.78, 5) is 11.3. The third-order valence-electron chi connectivity index (χ3n) is 1.89. The minimum Gasteiger partial charge on any atom is -0.273 e. The van der Waals surface area contributed by atoms with Gasteiger partial charge in [-0.15, -0.1) is 0 Å². The van der Waals surface area contributed by atoms with E-state index in [0.717, 1.165) is 9.13 Å². The van der Waals surface area contributed by atoms with Crippen molar-refractivity contribution in [1.82, 2.24) is 5.43 Å². The third-order valence-corrected chi connectivity index (χ3v) is 2.87. The molecule has 0 heterocycles. The van der Waals surface area contributed by atoms with Crippen LogP contribution in [-0.4, -0.2) is 12.1 Å². The first-order valence-corrected chi connectivity index (χ1v) is 6.24. The number of nitrogens with one attached hydrogen (secondary N) is 1. The smallest absolute Gasteiger partial charge is 0.240 e. The van der Waals surface area contributed by atoms with Gasteiger partial charge in [0.25, 0.3) is 0 Å². The maximum atomic E-state index is 11.3. The van der Waals surface area contributed by atoms with Gasteiger partial charge in [0.2, 0.25) is 5.91 Å². The van der Waals surface area contributed by atoms with Gasteiger partial charge >= 0.3 is 0 Å². The topological polar surface area (TPSA) is 41.5 Å². The van der Waals surface area contributed by atoms with Gasteiger partial charge in [0.15, 0.2) is 0 Å². The Kier molecular flexibility index (Phi) is 5.45. The Morgan fingerprint density at radius 1 is 1.50 bits per heavy atom. The second-order valence-corrected chi connectivity index (χ2v) is 5.07. The molecule has 0 spiro atoms. The Hall–Kier alpha value is -0.910. The first-order chi connectivity index (χ1) is 7.59. The van der Waals surface area contributed by atoms with Crippen molar-refractivity contribution in [3.63, 3.8) is 0 Å². The second kappa shape index (κ2) is 6.62. The van der Waals surface area contributed by atoms with E-state index in [9.17, 15) is 4.79 Å². The molecule has 0 bridgehead atoms. The van der Waals surface area contributed by atoms with Crippen molar-refractivity contribution in [3.8, 4) is 0 Å². The van der Waals surface area contributed by atoms with Crippen molar-refractivity contribution < 1.29 is 4.79 Å². The maximum absolute atomic E-state index is 11.3. The van der Waals surface area contributed by atoms with Crippen molar-refractivity contribution in [1.29, 1.82) is 0 Å². The first-order valence-electron chi connectivity index (χ1n) is 5.16. The van der Waals surface area contributed by atoms with Gasteiger partial charge in [-0.3, -0.25) is 4.79 Å². The van der Waals surface area contributed by atoms with Crippen LogP contribution in [-0.2, 0) is 4.79 Å². The number of carbonyl (C=O) groups is 1. The number of hydrogen-bond donors (Lipinski definition) is 1. The molecule has 16 heavy (non-hydrogen) atoms. The summed E-state index contributed by atoms with van der Waals surface area (Å²) in [7, 11) is 0. The Morgan fingerprint density at radius 2 is 2.19 bits per heavy atom. The molecule has 0 saturated carbocycles. The summed E-state index contributed by atoms with van der Waals surface area (Å²) in [5, 5.41) is 3.93. The van der Waals surface area contributed by atoms with Crippen LogP contribution in [0, 0.1) is 9.49 Å². The molecule has 0 aliphatic rings. The lowest BCUT2D eigenvalue weighted by atomic mass is 10.1. The van der Waals surface area contributed by atoms with Gasteiger partial charge < -0.3 is 0 Å². The lowest BCUT2D eigenvalue weighted by Gasteiger charge is -2.02. The van der Waals surface area contributed by atoms with Crippen molar-refractivity contribution in [3.05, 3.63) is 33.4 Å². The molecule has 1 rings (SSSR count). The zero-order valence-corrected chi connectivity index (χ0v) is 11.6. The molecular weight excluding hydrogens is 315 g/mol. The van der Waals surface area contributed by atoms with Crippen LogP contribution >= 0.6 is 22.6 Å². The van der Waals surface area contributed by atoms with Crippen molar-refractivity contribution >= 4 is 34.7 Å². The van der Waals surface area contributed by atoms with Crippen molar-refractivity contribution in [2.75, 3.05) is 0 Å². The number of rotatable bonds is 4. The molecule has 1 N–H and O–H groups in total. The van der Waals surface area contributed by atoms with Gasteiger partial charge in [0.1, 0.15) is 0 Å². The molecule has 0 aromatic heterocycles. The molecule has 86 valence electrons. The van der Waals surface area contributed by atoms with Crippen LogP contribution in [0.3, 0.4) is 0 Å². The molecule has 0 radical (unpaired) electrons. The predicted octanol–water partition coefficient (Wildman–Crippen LogP) is 2.79. The quantitative estimate of drug-likeness (QED) is 0.515. The number of hydrazone groups is 1. The van der Waals surface area contributed by atoms with E-state index in [2.05, 4.69) is 33.1 Å². The minimum absolute atomic E-state index is 0.0443. The monoisotopic (exact) mass is 330 g/mol. The van der Waals surface area contributed by atoms with E-state index in [4.69, 9.17) is 0 Å². The van der Waals surface area contributed by atoms with Crippen LogP contribution in [0.15, 0.2) is 29.4 Å². The SMILES string of the molecule is CC(C)CC(=O)N/N=C/c1ccccc1I. The molecule has 0 fully saturated rings. The van der Waals surface area contributed by atoms with Gasteiger partial charge in [0, 0.05) is 15.6 Å². The fourth-order valence-electron chi connectivity index (χ4n) is 1.17. The number of amides is 1. The zero-order valence-electron chi connectivity index (χ0n) is 9.40. The van der Waals surface area contributed by atoms with E-state index >= 15 is 0 Å². The van der Waals surface area contributed by atoms with Gasteiger partial charge in [-0.25, -0.2) is 5.43 Å². The van der Waals surface area contributed by atoms with Crippen LogP contribution in [0.5, 0.6) is 0 Å². The lowest BCUT2D eigenvalue weighted by molar-refractivity contribution is -0.121. The van der Waals surface area contributed by atoms with Gasteiger partial charge in [0.05, 0.1) is 6.21 Å². The van der Waals surface area contributed by atoms with Crippen LogP contribution in [0.2, 0.25) is 0 Å². The van der Waals surface area contributed by atoms with E-state index in [1.165, 1.54) is 0 Å². The van der Waals surface area contributed by atoms with E-state index < -0.39 is 0 Å². The summed E-state index contributed by atoms with van der Waals surface area (Å²) < 4.78 is 1.11. The summed E-state index contributed by atoms with van der Waals surface area (Å²) in [5.41, 5.74) is 3.52. The molecule has 1 aromatic rings. The van der Waals surface area contributed by atoms with Gasteiger partial charge in [-0.05, 0) is 34.6 Å². The second-order valence-electron chi connectivity index (χ2n) is 3.91. The molecule has 1 amide bonds. The molecule has 0 saturated heterocycles. The van der Waals surface area contributed by atoms with E-state index in [-0.39, 0.29) is 5.91 Å². The molecule has 1 aromatic carbocycles. The average molecular weight is 330 g/mol. The fourth-order valence-corrected chi connectivity index (χ4v) is 1.70. The fraction of sp³-hybridized carbons (Fsp3) is 0.333. The first kappa shape index (κ1) is 13.2. The standard InChI is InChI=1S/C12H15IN2O/c1-9(2)7-12(16)15-14-8-10-5-3-4-6-11(10)13/h3-6,8-9H,7H2,1-2H3,(H,15,16)/b14-8+. The Morgan fingerprint density at radius 3 is 2.81 bits per heavy atom. The molecule has 3 nitrogen and oxygen atoms in total. The van der Waals surface area contributed by atoms with E-state index in [1.807, 2.05) is 38.1 Å². The van der Waals surface area contributed by atoms with Gasteiger partial charge in [-0.1, -0.05) is 32.0 Å². The molecule has 4 heteroatoms. The van der Waals surface area contributed by atoms with Gasteiger partial charge in [-0.2, -0.15) is 5.10 Å². The number of halogens is 1. The van der Waals surface area contributed by atoms with E-state index in [0.29, 0.717) is 12.3 Å². The molecular formula is C12H15IN2O. The van der Waals surface area contributed by atoms with Crippen LogP contribution < -0.4 is 5.43 Å². The molecule has 0 aliphatic heterocycles. The maximum Gasteiger partial charge on any atom is 0.240 e. The minimum atomic E-state index is -0.0443. The highest BCUT2D eigenvalue weighted by atomic mass is 127. The summed E-state index contributed by atoms with van der Waals surface area (Å²) in [6.45, 7) is 4.01. The summed E-state index contributed by atoms with van der Waals surface area (Å²) in [6, 6.07) is 7.87. The Labute approximate surface area is 109 Å². The predicted molar refractivity (Wildman–Crippen MR) is 74.4 cm³/mol.